The molecule has 2 heterocycles. The largest absolute Gasteiger partial charge is 0.481 e. The molecule has 3 aromatic rings. The molecule has 1 unspecified atom stereocenters. The highest BCUT2D eigenvalue weighted by Crippen LogP contribution is 2.29. The van der Waals surface area contributed by atoms with E-state index < -0.39 is 30.1 Å². The van der Waals surface area contributed by atoms with E-state index in [0.717, 1.165) is 21.9 Å². The normalized spacial score (nSPS) is 12.1. The predicted molar refractivity (Wildman–Crippen MR) is 130 cm³/mol. The number of ketones is 1. The van der Waals surface area contributed by atoms with E-state index in [1.165, 1.54) is 0 Å². The second-order valence-corrected chi connectivity index (χ2v) is 9.52. The first kappa shape index (κ1) is 25.1. The Kier molecular flexibility index (Phi) is 7.51. The molecule has 34 heavy (non-hydrogen) atoms. The van der Waals surface area contributed by atoms with Gasteiger partial charge in [0.25, 0.3) is 5.56 Å². The van der Waals surface area contributed by atoms with E-state index in [2.05, 4.69) is 4.98 Å². The van der Waals surface area contributed by atoms with Gasteiger partial charge >= 0.3 is 11.9 Å². The summed E-state index contributed by atoms with van der Waals surface area (Å²) in [4.78, 5) is 54.6. The maximum absolute atomic E-state index is 13.0. The summed E-state index contributed by atoms with van der Waals surface area (Å²) in [6.45, 7) is 6.15. The lowest BCUT2D eigenvalue weighted by molar-refractivity contribution is -0.141. The van der Waals surface area contributed by atoms with E-state index in [1.807, 2.05) is 50.9 Å². The fourth-order valence-electron chi connectivity index (χ4n) is 3.89. The van der Waals surface area contributed by atoms with E-state index in [4.69, 9.17) is 5.11 Å². The van der Waals surface area contributed by atoms with Gasteiger partial charge in [-0.1, -0.05) is 6.07 Å². The first-order chi connectivity index (χ1) is 16.0. The number of carbonyl (C=O) groups excluding carboxylic acids is 1. The summed E-state index contributed by atoms with van der Waals surface area (Å²) in [5.41, 5.74) is 1.43. The lowest BCUT2D eigenvalue weighted by atomic mass is 9.97. The minimum Gasteiger partial charge on any atom is -0.481 e. The number of carboxylic acid groups (broad SMARTS) is 2. The molecule has 0 aliphatic rings. The predicted octanol–water partition coefficient (Wildman–Crippen LogP) is 3.73. The molecule has 0 aliphatic heterocycles. The summed E-state index contributed by atoms with van der Waals surface area (Å²) in [5.74, 6) is -3.81. The molecular weight excluding hydrogens is 458 g/mol. The summed E-state index contributed by atoms with van der Waals surface area (Å²) in [7, 11) is 1.84. The zero-order chi connectivity index (χ0) is 25.2. The highest BCUT2D eigenvalue weighted by Gasteiger charge is 2.29. The molecule has 2 N–H and O–H groups in total. The number of anilines is 1. The molecule has 2 aromatic heterocycles. The molecule has 0 saturated heterocycles. The molecule has 0 spiro atoms. The average molecular weight is 486 g/mol. The van der Waals surface area contributed by atoms with Crippen molar-refractivity contribution in [2.45, 2.75) is 46.2 Å². The van der Waals surface area contributed by atoms with Crippen LogP contribution < -0.4 is 10.5 Å². The van der Waals surface area contributed by atoms with Crippen molar-refractivity contribution in [3.05, 3.63) is 57.0 Å². The third-order valence-corrected chi connectivity index (χ3v) is 6.76. The number of hydrogen-bond donors (Lipinski definition) is 2. The van der Waals surface area contributed by atoms with Gasteiger partial charge in [-0.3, -0.25) is 23.7 Å². The van der Waals surface area contributed by atoms with Gasteiger partial charge in [-0.05, 0) is 57.0 Å². The third-order valence-electron chi connectivity index (χ3n) is 5.55. The molecule has 0 bridgehead atoms. The van der Waals surface area contributed by atoms with Gasteiger partial charge in [0, 0.05) is 26.1 Å². The Morgan fingerprint density at radius 2 is 1.85 bits per heavy atom. The first-order valence-electron chi connectivity index (χ1n) is 10.8. The summed E-state index contributed by atoms with van der Waals surface area (Å²) in [5, 5.41) is 19.5. The van der Waals surface area contributed by atoms with Crippen molar-refractivity contribution in [3.63, 3.8) is 0 Å². The first-order valence-corrected chi connectivity index (χ1v) is 11.6. The summed E-state index contributed by atoms with van der Waals surface area (Å²) >= 11 is 1.15. The van der Waals surface area contributed by atoms with E-state index in [-0.39, 0.29) is 22.9 Å². The zero-order valence-electron chi connectivity index (χ0n) is 19.4. The van der Waals surface area contributed by atoms with E-state index in [9.17, 15) is 24.3 Å². The standard InChI is InChI=1S/C24H27N3O6S/c1-13(2)27-14(3)25-18-7-5-15(11-17(18)23(27)31)12-26(4)20-9-8-19(34-20)22(30)16(24(32)33)6-10-21(28)29/h5,7-9,11,13,16H,6,10,12H2,1-4H3,(H,28,29)(H,32,33). The van der Waals surface area contributed by atoms with Gasteiger partial charge in [-0.15, -0.1) is 11.3 Å². The number of carboxylic acids is 2. The molecule has 0 amide bonds. The summed E-state index contributed by atoms with van der Waals surface area (Å²) in [6, 6.07) is 8.82. The van der Waals surface area contributed by atoms with Gasteiger partial charge in [-0.2, -0.15) is 0 Å². The summed E-state index contributed by atoms with van der Waals surface area (Å²) < 4.78 is 1.66. The molecule has 180 valence electrons. The van der Waals surface area contributed by atoms with Crippen LogP contribution in [0.15, 0.2) is 35.1 Å². The topological polar surface area (TPSA) is 130 Å². The molecule has 0 saturated carbocycles. The Labute approximate surface area is 200 Å². The second-order valence-electron chi connectivity index (χ2n) is 8.46. The van der Waals surface area contributed by atoms with Crippen molar-refractivity contribution >= 4 is 45.0 Å². The number of aryl methyl sites for hydroxylation is 1. The molecule has 1 atom stereocenters. The van der Waals surface area contributed by atoms with Crippen LogP contribution in [0.3, 0.4) is 0 Å². The van der Waals surface area contributed by atoms with Crippen LogP contribution in [-0.4, -0.2) is 44.5 Å². The summed E-state index contributed by atoms with van der Waals surface area (Å²) in [6.07, 6.45) is -0.652. The van der Waals surface area contributed by atoms with Gasteiger partial charge in [0.15, 0.2) is 5.78 Å². The number of carbonyl (C=O) groups is 3. The molecule has 3 rings (SSSR count). The zero-order valence-corrected chi connectivity index (χ0v) is 20.3. The molecule has 10 heteroatoms. The number of aliphatic carboxylic acids is 2. The Bertz CT molecular complexity index is 1310. The van der Waals surface area contributed by atoms with Gasteiger partial charge in [0.05, 0.1) is 20.8 Å². The van der Waals surface area contributed by atoms with Crippen LogP contribution in [0, 0.1) is 12.8 Å². The minimum atomic E-state index is -1.40. The molecular formula is C24H27N3O6S. The van der Waals surface area contributed by atoms with E-state index in [0.29, 0.717) is 23.3 Å². The lowest BCUT2D eigenvalue weighted by Crippen LogP contribution is -2.25. The van der Waals surface area contributed by atoms with Crippen molar-refractivity contribution in [2.75, 3.05) is 11.9 Å². The van der Waals surface area contributed by atoms with Crippen LogP contribution in [0.5, 0.6) is 0 Å². The minimum absolute atomic E-state index is 0.0112. The Morgan fingerprint density at radius 3 is 2.47 bits per heavy atom. The number of nitrogens with zero attached hydrogens (tertiary/aromatic N) is 3. The van der Waals surface area contributed by atoms with Crippen LogP contribution in [0.4, 0.5) is 5.00 Å². The third kappa shape index (κ3) is 5.33. The Hall–Kier alpha value is -3.53. The van der Waals surface area contributed by atoms with Crippen molar-refractivity contribution < 1.29 is 24.6 Å². The van der Waals surface area contributed by atoms with Crippen molar-refractivity contribution in [1.29, 1.82) is 0 Å². The SMILES string of the molecule is Cc1nc2ccc(CN(C)c3ccc(C(=O)C(CCC(=O)O)C(=O)O)s3)cc2c(=O)n1C(C)C. The van der Waals surface area contributed by atoms with Crippen LogP contribution in [0.1, 0.15) is 53.8 Å². The van der Waals surface area contributed by atoms with Crippen LogP contribution in [-0.2, 0) is 16.1 Å². The number of hydrogen-bond acceptors (Lipinski definition) is 7. The molecule has 0 radical (unpaired) electrons. The Balaban J connectivity index is 1.82. The highest BCUT2D eigenvalue weighted by molar-refractivity contribution is 7.18. The second kappa shape index (κ2) is 10.2. The van der Waals surface area contributed by atoms with Crippen LogP contribution in [0.25, 0.3) is 10.9 Å². The van der Waals surface area contributed by atoms with E-state index >= 15 is 0 Å². The van der Waals surface area contributed by atoms with E-state index in [1.54, 1.807) is 16.7 Å². The number of rotatable bonds is 10. The number of fused-ring (bicyclic) bond motifs is 1. The van der Waals surface area contributed by atoms with Crippen molar-refractivity contribution in [1.82, 2.24) is 9.55 Å². The quantitative estimate of drug-likeness (QED) is 0.328. The van der Waals surface area contributed by atoms with Gasteiger partial charge in [0.2, 0.25) is 0 Å². The number of aromatic nitrogens is 2. The molecule has 0 aliphatic carbocycles. The van der Waals surface area contributed by atoms with Gasteiger partial charge in [0.1, 0.15) is 11.7 Å². The van der Waals surface area contributed by atoms with Crippen LogP contribution >= 0.6 is 11.3 Å². The van der Waals surface area contributed by atoms with Crippen LogP contribution in [0.2, 0.25) is 0 Å². The lowest BCUT2D eigenvalue weighted by Gasteiger charge is -2.18. The fraction of sp³-hybridized carbons (Fsp3) is 0.375. The number of thiophene rings is 1. The molecule has 0 fully saturated rings. The maximum Gasteiger partial charge on any atom is 0.314 e. The maximum atomic E-state index is 13.0. The average Bonchev–Trinajstić information content (AvgIpc) is 3.24. The van der Waals surface area contributed by atoms with Crippen molar-refractivity contribution in [3.8, 4) is 0 Å². The highest BCUT2D eigenvalue weighted by atomic mass is 32.1. The van der Waals surface area contributed by atoms with Gasteiger partial charge in [-0.25, -0.2) is 4.98 Å². The van der Waals surface area contributed by atoms with Crippen molar-refractivity contribution in [2.24, 2.45) is 5.92 Å². The number of Topliss-reactive ketones (excluding diaryl/α,β-unsaturated/α-hetero) is 1. The molecule has 1 aromatic carbocycles. The number of benzene rings is 1. The van der Waals surface area contributed by atoms with Gasteiger partial charge < -0.3 is 15.1 Å². The Morgan fingerprint density at radius 1 is 1.15 bits per heavy atom. The smallest absolute Gasteiger partial charge is 0.314 e. The monoisotopic (exact) mass is 485 g/mol. The molecule has 9 nitrogen and oxygen atoms in total. The fourth-order valence-corrected chi connectivity index (χ4v) is 4.85.